The Balaban J connectivity index is 1.91. The molecule has 2 N–H and O–H groups in total. The molecule has 2 aromatic heterocycles. The summed E-state index contributed by atoms with van der Waals surface area (Å²) in [5, 5.41) is 12.7. The van der Waals surface area contributed by atoms with Crippen LogP contribution in [0.1, 0.15) is 36.8 Å². The van der Waals surface area contributed by atoms with Gasteiger partial charge in [-0.3, -0.25) is 4.98 Å². The minimum atomic E-state index is 0.642. The Hall–Kier alpha value is -2.62. The molecule has 0 saturated heterocycles. The third kappa shape index (κ3) is 3.42. The molecule has 0 fully saturated rings. The molecule has 0 saturated carbocycles. The minimum Gasteiger partial charge on any atom is -0.467 e. The Morgan fingerprint density at radius 2 is 2.13 bits per heavy atom. The average molecular weight is 307 g/mol. The van der Waals surface area contributed by atoms with Crippen LogP contribution in [-0.2, 0) is 6.54 Å². The van der Waals surface area contributed by atoms with Gasteiger partial charge in [-0.1, -0.05) is 19.4 Å². The molecule has 3 rings (SSSR count). The second kappa shape index (κ2) is 6.65. The van der Waals surface area contributed by atoms with Gasteiger partial charge in [0.2, 0.25) is 0 Å². The van der Waals surface area contributed by atoms with E-state index in [9.17, 15) is 0 Å². The van der Waals surface area contributed by atoms with E-state index >= 15 is 0 Å². The van der Waals surface area contributed by atoms with E-state index in [4.69, 9.17) is 9.83 Å². The first-order valence-corrected chi connectivity index (χ1v) is 7.93. The number of aryl methyl sites for hydroxylation is 1. The highest BCUT2D eigenvalue weighted by Gasteiger charge is 2.09. The third-order valence-corrected chi connectivity index (χ3v) is 3.81. The maximum Gasteiger partial charge on any atom is 0.122 e. The normalized spacial score (nSPS) is 10.9. The number of hydrogen-bond donors (Lipinski definition) is 2. The molecule has 0 unspecified atom stereocenters. The van der Waals surface area contributed by atoms with Crippen molar-refractivity contribution in [2.24, 2.45) is 0 Å². The zero-order chi connectivity index (χ0) is 16.2. The summed E-state index contributed by atoms with van der Waals surface area (Å²) in [6.45, 7) is 4.72. The van der Waals surface area contributed by atoms with Crippen molar-refractivity contribution in [3.05, 3.63) is 59.7 Å². The van der Waals surface area contributed by atoms with Crippen molar-refractivity contribution < 1.29 is 4.42 Å². The summed E-state index contributed by atoms with van der Waals surface area (Å²) in [6, 6.07) is 12.0. The monoisotopic (exact) mass is 307 g/mol. The number of furan rings is 1. The number of hydrogen-bond acceptors (Lipinski definition) is 4. The Kier molecular flexibility index (Phi) is 4.42. The van der Waals surface area contributed by atoms with Crippen molar-refractivity contribution in [3.63, 3.8) is 0 Å². The number of fused-ring (bicyclic) bond motifs is 1. The molecule has 0 atom stereocenters. The first-order chi connectivity index (χ1) is 11.2. The Morgan fingerprint density at radius 1 is 1.26 bits per heavy atom. The fourth-order valence-corrected chi connectivity index (χ4v) is 2.71. The molecule has 0 aliphatic rings. The first-order valence-electron chi connectivity index (χ1n) is 7.93. The number of anilines is 1. The predicted octanol–water partition coefficient (Wildman–Crippen LogP) is 4.92. The van der Waals surface area contributed by atoms with Crippen molar-refractivity contribution >= 4 is 22.3 Å². The Labute approximate surface area is 136 Å². The smallest absolute Gasteiger partial charge is 0.122 e. The van der Waals surface area contributed by atoms with E-state index < -0.39 is 0 Å². The van der Waals surface area contributed by atoms with Gasteiger partial charge in [0.1, 0.15) is 5.76 Å². The topological polar surface area (TPSA) is 61.9 Å². The van der Waals surface area contributed by atoms with Crippen molar-refractivity contribution in [2.45, 2.75) is 33.2 Å². The molecule has 23 heavy (non-hydrogen) atoms. The van der Waals surface area contributed by atoms with Crippen LogP contribution < -0.4 is 5.32 Å². The van der Waals surface area contributed by atoms with Gasteiger partial charge in [-0.25, -0.2) is 0 Å². The molecule has 2 heterocycles. The lowest BCUT2D eigenvalue weighted by atomic mass is 10.0. The summed E-state index contributed by atoms with van der Waals surface area (Å²) in [5.74, 6) is 0.896. The van der Waals surface area contributed by atoms with Crippen LogP contribution in [0.4, 0.5) is 5.69 Å². The zero-order valence-electron chi connectivity index (χ0n) is 13.5. The molecule has 0 aliphatic heterocycles. The highest BCUT2D eigenvalue weighted by Crippen LogP contribution is 2.24. The van der Waals surface area contributed by atoms with Gasteiger partial charge < -0.3 is 15.1 Å². The van der Waals surface area contributed by atoms with Crippen molar-refractivity contribution in [3.8, 4) is 0 Å². The van der Waals surface area contributed by atoms with Crippen LogP contribution in [0.2, 0.25) is 0 Å². The van der Waals surface area contributed by atoms with Crippen LogP contribution in [0.25, 0.3) is 10.9 Å². The second-order valence-electron chi connectivity index (χ2n) is 5.70. The van der Waals surface area contributed by atoms with Crippen LogP contribution in [0.3, 0.4) is 0 Å². The Morgan fingerprint density at radius 3 is 2.87 bits per heavy atom. The van der Waals surface area contributed by atoms with Crippen LogP contribution in [-0.4, -0.2) is 10.7 Å². The number of benzene rings is 1. The van der Waals surface area contributed by atoms with E-state index in [0.717, 1.165) is 46.4 Å². The Bertz CT molecular complexity index is 822. The van der Waals surface area contributed by atoms with Gasteiger partial charge in [0.05, 0.1) is 18.3 Å². The maximum atomic E-state index is 8.28. The fraction of sp³-hybridized carbons (Fsp3) is 0.263. The fourth-order valence-electron chi connectivity index (χ4n) is 2.71. The number of nitrogens with one attached hydrogen (secondary N) is 2. The highest BCUT2D eigenvalue weighted by atomic mass is 16.3. The number of aromatic nitrogens is 1. The summed E-state index contributed by atoms with van der Waals surface area (Å²) >= 11 is 0. The van der Waals surface area contributed by atoms with Crippen LogP contribution >= 0.6 is 0 Å². The molecule has 0 bridgehead atoms. The maximum absolute atomic E-state index is 8.28. The summed E-state index contributed by atoms with van der Waals surface area (Å²) in [6.07, 6.45) is 3.44. The number of nitrogens with zero attached hydrogens (tertiary/aromatic N) is 1. The predicted molar refractivity (Wildman–Crippen MR) is 94.3 cm³/mol. The van der Waals surface area contributed by atoms with Gasteiger partial charge in [-0.05, 0) is 43.7 Å². The SMILES string of the molecule is CCCC(=N)c1cc(C)nc2cc(NCc3ccco3)ccc12. The molecule has 1 aromatic carbocycles. The second-order valence-corrected chi connectivity index (χ2v) is 5.70. The molecule has 0 aliphatic carbocycles. The average Bonchev–Trinajstić information content (AvgIpc) is 3.05. The quantitative estimate of drug-likeness (QED) is 0.636. The molecule has 0 radical (unpaired) electrons. The van der Waals surface area contributed by atoms with E-state index in [2.05, 4.69) is 17.2 Å². The molecule has 4 heteroatoms. The lowest BCUT2D eigenvalue weighted by Gasteiger charge is -2.11. The lowest BCUT2D eigenvalue weighted by Crippen LogP contribution is -2.03. The van der Waals surface area contributed by atoms with Gasteiger partial charge in [0.25, 0.3) is 0 Å². The molecule has 118 valence electrons. The van der Waals surface area contributed by atoms with Crippen LogP contribution in [0.15, 0.2) is 47.1 Å². The van der Waals surface area contributed by atoms with Crippen LogP contribution in [0.5, 0.6) is 0 Å². The van der Waals surface area contributed by atoms with E-state index in [1.807, 2.05) is 43.3 Å². The third-order valence-electron chi connectivity index (χ3n) is 3.81. The van der Waals surface area contributed by atoms with Crippen molar-refractivity contribution in [1.82, 2.24) is 4.98 Å². The molecule has 3 aromatic rings. The molecular formula is C19H21N3O. The standard InChI is InChI=1S/C19H21N3O/c1-3-5-18(20)17-10-13(2)22-19-11-14(7-8-16(17)19)21-12-15-6-4-9-23-15/h4,6-11,20-21H,3,5,12H2,1-2H3. The van der Waals surface area contributed by atoms with Crippen molar-refractivity contribution in [2.75, 3.05) is 5.32 Å². The van der Waals surface area contributed by atoms with Gasteiger partial charge >= 0.3 is 0 Å². The van der Waals surface area contributed by atoms with E-state index in [1.165, 1.54) is 0 Å². The molecule has 0 amide bonds. The molecular weight excluding hydrogens is 286 g/mol. The van der Waals surface area contributed by atoms with Crippen LogP contribution in [0, 0.1) is 12.3 Å². The van der Waals surface area contributed by atoms with E-state index in [-0.39, 0.29) is 0 Å². The van der Waals surface area contributed by atoms with Gasteiger partial charge in [0, 0.05) is 28.0 Å². The summed E-state index contributed by atoms with van der Waals surface area (Å²) < 4.78 is 5.33. The zero-order valence-corrected chi connectivity index (χ0v) is 13.5. The highest BCUT2D eigenvalue weighted by molar-refractivity contribution is 6.09. The van der Waals surface area contributed by atoms with E-state index in [1.54, 1.807) is 6.26 Å². The summed E-state index contributed by atoms with van der Waals surface area (Å²) in [5.41, 5.74) is 4.54. The van der Waals surface area contributed by atoms with Gasteiger partial charge in [0.15, 0.2) is 0 Å². The van der Waals surface area contributed by atoms with Crippen molar-refractivity contribution in [1.29, 1.82) is 5.41 Å². The van der Waals surface area contributed by atoms with Gasteiger partial charge in [-0.2, -0.15) is 0 Å². The summed E-state index contributed by atoms with van der Waals surface area (Å²) in [7, 11) is 0. The number of rotatable bonds is 6. The lowest BCUT2D eigenvalue weighted by molar-refractivity contribution is 0.518. The molecule has 0 spiro atoms. The first kappa shape index (κ1) is 15.3. The minimum absolute atomic E-state index is 0.642. The largest absolute Gasteiger partial charge is 0.467 e. The number of pyridine rings is 1. The molecule has 4 nitrogen and oxygen atoms in total. The summed E-state index contributed by atoms with van der Waals surface area (Å²) in [4.78, 5) is 4.62. The van der Waals surface area contributed by atoms with Gasteiger partial charge in [-0.15, -0.1) is 0 Å². The van der Waals surface area contributed by atoms with E-state index in [0.29, 0.717) is 12.3 Å².